The van der Waals surface area contributed by atoms with Gasteiger partial charge < -0.3 is 9.84 Å². The van der Waals surface area contributed by atoms with E-state index < -0.39 is 11.9 Å². The number of hydrogen-bond donors (Lipinski definition) is 1. The Morgan fingerprint density at radius 1 is 1.42 bits per heavy atom. The lowest BCUT2D eigenvalue weighted by Crippen LogP contribution is -2.27. The molecule has 0 radical (unpaired) electrons. The third-order valence-corrected chi connectivity index (χ3v) is 2.70. The number of amides is 1. The molecule has 1 amide bonds. The van der Waals surface area contributed by atoms with Crippen LogP contribution in [0.3, 0.4) is 0 Å². The summed E-state index contributed by atoms with van der Waals surface area (Å²) in [6, 6.07) is 3.90. The zero-order valence-corrected chi connectivity index (χ0v) is 10.9. The average molecular weight is 263 g/mol. The molecule has 19 heavy (non-hydrogen) atoms. The quantitative estimate of drug-likeness (QED) is 0.922. The van der Waals surface area contributed by atoms with Gasteiger partial charge in [0.1, 0.15) is 11.9 Å². The Labute approximate surface area is 109 Å². The first-order valence-electron chi connectivity index (χ1n) is 5.84. The summed E-state index contributed by atoms with van der Waals surface area (Å²) >= 11 is 0. The molecule has 0 aliphatic heterocycles. The van der Waals surface area contributed by atoms with Crippen LogP contribution in [-0.2, 0) is 0 Å². The standard InChI is InChI=1S/C13H14FN3O2/c1-7-4-5-10(6-11(7)14)12(18)15-8(2)13-16-9(3)17-19-13/h4-6,8H,1-3H3,(H,15,18)/t8-/m0/s1. The van der Waals surface area contributed by atoms with Crippen molar-refractivity contribution in [3.8, 4) is 0 Å². The Hall–Kier alpha value is -2.24. The van der Waals surface area contributed by atoms with Gasteiger partial charge in [-0.05, 0) is 38.5 Å². The molecule has 0 spiro atoms. The van der Waals surface area contributed by atoms with Crippen LogP contribution in [0.4, 0.5) is 4.39 Å². The molecule has 1 heterocycles. The molecule has 0 saturated carbocycles. The Morgan fingerprint density at radius 2 is 2.16 bits per heavy atom. The monoisotopic (exact) mass is 263 g/mol. The second kappa shape index (κ2) is 5.17. The second-order valence-electron chi connectivity index (χ2n) is 4.34. The highest BCUT2D eigenvalue weighted by molar-refractivity contribution is 5.94. The van der Waals surface area contributed by atoms with Crippen LogP contribution in [0, 0.1) is 19.7 Å². The van der Waals surface area contributed by atoms with Crippen LogP contribution in [0.1, 0.15) is 40.6 Å². The van der Waals surface area contributed by atoms with Crippen LogP contribution in [0.5, 0.6) is 0 Å². The van der Waals surface area contributed by atoms with E-state index in [1.54, 1.807) is 32.9 Å². The first-order chi connectivity index (χ1) is 8.97. The van der Waals surface area contributed by atoms with Gasteiger partial charge in [0, 0.05) is 5.56 Å². The lowest BCUT2D eigenvalue weighted by molar-refractivity contribution is 0.0932. The third-order valence-electron chi connectivity index (χ3n) is 2.70. The molecule has 6 heteroatoms. The maximum atomic E-state index is 13.4. The Bertz CT molecular complexity index is 610. The molecule has 0 fully saturated rings. The topological polar surface area (TPSA) is 68.0 Å². The van der Waals surface area contributed by atoms with Crippen LogP contribution in [0.25, 0.3) is 0 Å². The molecule has 1 aromatic heterocycles. The number of rotatable bonds is 3. The van der Waals surface area contributed by atoms with Gasteiger partial charge in [-0.1, -0.05) is 11.2 Å². The van der Waals surface area contributed by atoms with Crippen molar-refractivity contribution in [2.45, 2.75) is 26.8 Å². The first kappa shape index (κ1) is 13.2. The van der Waals surface area contributed by atoms with Crippen molar-refractivity contribution >= 4 is 5.91 Å². The average Bonchev–Trinajstić information content (AvgIpc) is 2.79. The van der Waals surface area contributed by atoms with E-state index >= 15 is 0 Å². The molecule has 0 bridgehead atoms. The molecule has 1 atom stereocenters. The number of halogens is 1. The lowest BCUT2D eigenvalue weighted by Gasteiger charge is -2.10. The number of aromatic nitrogens is 2. The predicted octanol–water partition coefficient (Wildman–Crippen LogP) is 2.32. The van der Waals surface area contributed by atoms with E-state index in [2.05, 4.69) is 15.5 Å². The number of benzene rings is 1. The van der Waals surface area contributed by atoms with Crippen LogP contribution in [-0.4, -0.2) is 16.0 Å². The molecule has 2 rings (SSSR count). The number of carbonyl (C=O) groups is 1. The number of aryl methyl sites for hydroxylation is 2. The van der Waals surface area contributed by atoms with E-state index in [0.29, 0.717) is 17.3 Å². The zero-order valence-electron chi connectivity index (χ0n) is 10.9. The summed E-state index contributed by atoms with van der Waals surface area (Å²) < 4.78 is 18.3. The number of hydrogen-bond acceptors (Lipinski definition) is 4. The van der Waals surface area contributed by atoms with Crippen molar-refractivity contribution < 1.29 is 13.7 Å². The SMILES string of the molecule is Cc1noc([C@H](C)NC(=O)c2ccc(C)c(F)c2)n1. The molecular weight excluding hydrogens is 249 g/mol. The molecular formula is C13H14FN3O2. The second-order valence-corrected chi connectivity index (χ2v) is 4.34. The van der Waals surface area contributed by atoms with Gasteiger partial charge in [-0.2, -0.15) is 4.98 Å². The van der Waals surface area contributed by atoms with Crippen LogP contribution >= 0.6 is 0 Å². The summed E-state index contributed by atoms with van der Waals surface area (Å²) in [6.07, 6.45) is 0. The van der Waals surface area contributed by atoms with Gasteiger partial charge in [0.05, 0.1) is 0 Å². The number of nitrogens with one attached hydrogen (secondary N) is 1. The largest absolute Gasteiger partial charge is 0.341 e. The van der Waals surface area contributed by atoms with Gasteiger partial charge in [-0.15, -0.1) is 0 Å². The highest BCUT2D eigenvalue weighted by Gasteiger charge is 2.17. The summed E-state index contributed by atoms with van der Waals surface area (Å²) in [5.41, 5.74) is 0.753. The third kappa shape index (κ3) is 2.96. The molecule has 0 unspecified atom stereocenters. The van der Waals surface area contributed by atoms with E-state index in [9.17, 15) is 9.18 Å². The van der Waals surface area contributed by atoms with Crippen molar-refractivity contribution in [3.63, 3.8) is 0 Å². The van der Waals surface area contributed by atoms with Gasteiger partial charge in [0.25, 0.3) is 5.91 Å². The summed E-state index contributed by atoms with van der Waals surface area (Å²) in [4.78, 5) is 16.0. The maximum Gasteiger partial charge on any atom is 0.252 e. The van der Waals surface area contributed by atoms with Gasteiger partial charge >= 0.3 is 0 Å². The van der Waals surface area contributed by atoms with Gasteiger partial charge in [0.2, 0.25) is 5.89 Å². The van der Waals surface area contributed by atoms with Crippen molar-refractivity contribution in [1.82, 2.24) is 15.5 Å². The molecule has 1 N–H and O–H groups in total. The van der Waals surface area contributed by atoms with Gasteiger partial charge in [0.15, 0.2) is 5.82 Å². The van der Waals surface area contributed by atoms with E-state index in [4.69, 9.17) is 4.52 Å². The Balaban J connectivity index is 2.10. The van der Waals surface area contributed by atoms with Crippen molar-refractivity contribution in [2.24, 2.45) is 0 Å². The highest BCUT2D eigenvalue weighted by Crippen LogP contribution is 2.13. The first-order valence-corrected chi connectivity index (χ1v) is 5.84. The number of carbonyl (C=O) groups excluding carboxylic acids is 1. The minimum atomic E-state index is -0.432. The summed E-state index contributed by atoms with van der Waals surface area (Å²) in [6.45, 7) is 5.05. The minimum Gasteiger partial charge on any atom is -0.341 e. The number of nitrogens with zero attached hydrogens (tertiary/aromatic N) is 2. The molecule has 100 valence electrons. The van der Waals surface area contributed by atoms with Crippen LogP contribution < -0.4 is 5.32 Å². The molecule has 1 aromatic carbocycles. The molecule has 0 aliphatic rings. The van der Waals surface area contributed by atoms with E-state index in [-0.39, 0.29) is 11.5 Å². The fourth-order valence-electron chi connectivity index (χ4n) is 1.56. The molecule has 0 saturated heterocycles. The van der Waals surface area contributed by atoms with Crippen LogP contribution in [0.2, 0.25) is 0 Å². The normalized spacial score (nSPS) is 12.2. The summed E-state index contributed by atoms with van der Waals surface area (Å²) in [5.74, 6) is 0.0205. The fraction of sp³-hybridized carbons (Fsp3) is 0.308. The van der Waals surface area contributed by atoms with Gasteiger partial charge in [-0.3, -0.25) is 4.79 Å². The van der Waals surface area contributed by atoms with Crippen molar-refractivity contribution in [1.29, 1.82) is 0 Å². The van der Waals surface area contributed by atoms with Crippen molar-refractivity contribution in [2.75, 3.05) is 0 Å². The highest BCUT2D eigenvalue weighted by atomic mass is 19.1. The van der Waals surface area contributed by atoms with E-state index in [1.165, 1.54) is 6.07 Å². The van der Waals surface area contributed by atoms with E-state index in [1.807, 2.05) is 0 Å². The lowest BCUT2D eigenvalue weighted by atomic mass is 10.1. The van der Waals surface area contributed by atoms with Crippen LogP contribution in [0.15, 0.2) is 22.7 Å². The van der Waals surface area contributed by atoms with Gasteiger partial charge in [-0.25, -0.2) is 4.39 Å². The van der Waals surface area contributed by atoms with Crippen molar-refractivity contribution in [3.05, 3.63) is 46.9 Å². The van der Waals surface area contributed by atoms with E-state index in [0.717, 1.165) is 0 Å². The molecule has 5 nitrogen and oxygen atoms in total. The molecule has 2 aromatic rings. The smallest absolute Gasteiger partial charge is 0.252 e. The summed E-state index contributed by atoms with van der Waals surface area (Å²) in [5, 5.41) is 6.32. The molecule has 0 aliphatic carbocycles. The Morgan fingerprint density at radius 3 is 2.74 bits per heavy atom. The predicted molar refractivity (Wildman–Crippen MR) is 66.1 cm³/mol. The zero-order chi connectivity index (χ0) is 14.0. The summed E-state index contributed by atoms with van der Waals surface area (Å²) in [7, 11) is 0. The maximum absolute atomic E-state index is 13.4. The fourth-order valence-corrected chi connectivity index (χ4v) is 1.56. The minimum absolute atomic E-state index is 0.256. The Kier molecular flexibility index (Phi) is 3.59.